The number of hydrogen-bond donors (Lipinski definition) is 1. The van der Waals surface area contributed by atoms with Crippen LogP contribution in [-0.4, -0.2) is 23.0 Å². The Labute approximate surface area is 133 Å². The Bertz CT molecular complexity index is 900. The average Bonchev–Trinajstić information content (AvgIpc) is 2.59. The zero-order chi connectivity index (χ0) is 16.2. The molecule has 0 aliphatic heterocycles. The highest BCUT2D eigenvalue weighted by atomic mass is 16.5. The molecule has 0 saturated carbocycles. The molecule has 23 heavy (non-hydrogen) atoms. The molecule has 0 fully saturated rings. The van der Waals surface area contributed by atoms with Crippen molar-refractivity contribution in [3.8, 4) is 11.5 Å². The second-order valence-corrected chi connectivity index (χ2v) is 5.03. The standard InChI is InChI=1S/C19H15NO3/c1-23-18-4-2-3-16(21)19(18)17(22)8-6-13-5-7-15-12-20-10-9-14(15)11-13/h2-12,21H,1H3. The van der Waals surface area contributed by atoms with Crippen LogP contribution >= 0.6 is 0 Å². The van der Waals surface area contributed by atoms with Crippen molar-refractivity contribution in [2.24, 2.45) is 0 Å². The van der Waals surface area contributed by atoms with Gasteiger partial charge in [-0.2, -0.15) is 0 Å². The molecule has 1 aromatic heterocycles. The van der Waals surface area contributed by atoms with Crippen molar-refractivity contribution in [3.05, 3.63) is 72.1 Å². The molecule has 0 aliphatic carbocycles. The molecule has 0 bridgehead atoms. The molecule has 3 rings (SSSR count). The second kappa shape index (κ2) is 6.32. The lowest BCUT2D eigenvalue weighted by molar-refractivity contribution is 0.104. The summed E-state index contributed by atoms with van der Waals surface area (Å²) in [5, 5.41) is 12.0. The van der Waals surface area contributed by atoms with E-state index in [9.17, 15) is 9.90 Å². The molecular formula is C19H15NO3. The number of benzene rings is 2. The summed E-state index contributed by atoms with van der Waals surface area (Å²) in [6.07, 6.45) is 6.67. The molecular weight excluding hydrogens is 290 g/mol. The first-order valence-corrected chi connectivity index (χ1v) is 7.11. The summed E-state index contributed by atoms with van der Waals surface area (Å²) in [4.78, 5) is 16.4. The summed E-state index contributed by atoms with van der Waals surface area (Å²) in [6, 6.07) is 12.5. The van der Waals surface area contributed by atoms with Crippen LogP contribution in [0.2, 0.25) is 0 Å². The summed E-state index contributed by atoms with van der Waals surface area (Å²) < 4.78 is 5.14. The number of nitrogens with zero attached hydrogens (tertiary/aromatic N) is 1. The number of methoxy groups -OCH3 is 1. The molecule has 1 N–H and O–H groups in total. The number of phenols is 1. The van der Waals surface area contributed by atoms with E-state index in [1.807, 2.05) is 24.3 Å². The Morgan fingerprint density at radius 1 is 1.17 bits per heavy atom. The normalized spacial score (nSPS) is 11.0. The van der Waals surface area contributed by atoms with Gasteiger partial charge in [0.2, 0.25) is 0 Å². The van der Waals surface area contributed by atoms with Gasteiger partial charge in [0.15, 0.2) is 5.78 Å². The fourth-order valence-electron chi connectivity index (χ4n) is 2.40. The highest BCUT2D eigenvalue weighted by molar-refractivity contribution is 6.10. The lowest BCUT2D eigenvalue weighted by atomic mass is 10.1. The van der Waals surface area contributed by atoms with Gasteiger partial charge in [0.1, 0.15) is 17.1 Å². The molecule has 114 valence electrons. The first-order valence-electron chi connectivity index (χ1n) is 7.11. The van der Waals surface area contributed by atoms with Gasteiger partial charge in [0.05, 0.1) is 7.11 Å². The largest absolute Gasteiger partial charge is 0.507 e. The zero-order valence-electron chi connectivity index (χ0n) is 12.6. The van der Waals surface area contributed by atoms with Gasteiger partial charge in [-0.3, -0.25) is 9.78 Å². The van der Waals surface area contributed by atoms with Crippen LogP contribution in [0.5, 0.6) is 11.5 Å². The maximum atomic E-state index is 12.3. The number of carbonyl (C=O) groups excluding carboxylic acids is 1. The molecule has 1 heterocycles. The zero-order valence-corrected chi connectivity index (χ0v) is 12.6. The van der Waals surface area contributed by atoms with Crippen LogP contribution in [0.25, 0.3) is 16.8 Å². The Balaban J connectivity index is 1.91. The third-order valence-corrected chi connectivity index (χ3v) is 3.56. The molecule has 0 saturated heterocycles. The van der Waals surface area contributed by atoms with E-state index < -0.39 is 0 Å². The van der Waals surface area contributed by atoms with Crippen molar-refractivity contribution >= 4 is 22.6 Å². The minimum Gasteiger partial charge on any atom is -0.507 e. The first kappa shape index (κ1) is 14.8. The lowest BCUT2D eigenvalue weighted by Gasteiger charge is -2.07. The molecule has 0 unspecified atom stereocenters. The van der Waals surface area contributed by atoms with E-state index in [-0.39, 0.29) is 17.1 Å². The summed E-state index contributed by atoms with van der Waals surface area (Å²) in [6.45, 7) is 0. The van der Waals surface area contributed by atoms with Gasteiger partial charge in [0, 0.05) is 17.8 Å². The van der Waals surface area contributed by atoms with Crippen LogP contribution < -0.4 is 4.74 Å². The molecule has 4 heteroatoms. The molecule has 0 atom stereocenters. The predicted molar refractivity (Wildman–Crippen MR) is 89.8 cm³/mol. The van der Waals surface area contributed by atoms with Gasteiger partial charge in [-0.25, -0.2) is 0 Å². The molecule has 0 spiro atoms. The third-order valence-electron chi connectivity index (χ3n) is 3.56. The maximum absolute atomic E-state index is 12.3. The van der Waals surface area contributed by atoms with Crippen LogP contribution in [0.15, 0.2) is 60.9 Å². The fraction of sp³-hybridized carbons (Fsp3) is 0.0526. The number of aromatic hydroxyl groups is 1. The molecule has 3 aromatic rings. The first-order chi connectivity index (χ1) is 11.2. The Morgan fingerprint density at radius 3 is 2.87 bits per heavy atom. The van der Waals surface area contributed by atoms with Gasteiger partial charge in [-0.1, -0.05) is 24.3 Å². The van der Waals surface area contributed by atoms with Crippen LogP contribution in [0.4, 0.5) is 0 Å². The number of phenolic OH excluding ortho intramolecular Hbond substituents is 1. The molecule has 0 aliphatic rings. The fourth-order valence-corrected chi connectivity index (χ4v) is 2.40. The Kier molecular flexibility index (Phi) is 4.06. The smallest absolute Gasteiger partial charge is 0.193 e. The van der Waals surface area contributed by atoms with Crippen molar-refractivity contribution in [1.29, 1.82) is 0 Å². The molecule has 0 radical (unpaired) electrons. The van der Waals surface area contributed by atoms with E-state index in [1.165, 1.54) is 19.3 Å². The van der Waals surface area contributed by atoms with Gasteiger partial charge >= 0.3 is 0 Å². The number of hydrogen-bond acceptors (Lipinski definition) is 4. The van der Waals surface area contributed by atoms with Crippen LogP contribution in [0.1, 0.15) is 15.9 Å². The molecule has 4 nitrogen and oxygen atoms in total. The predicted octanol–water partition coefficient (Wildman–Crippen LogP) is 3.85. The Morgan fingerprint density at radius 2 is 2.04 bits per heavy atom. The minimum absolute atomic E-state index is 0.0939. The van der Waals surface area contributed by atoms with E-state index in [2.05, 4.69) is 4.98 Å². The van der Waals surface area contributed by atoms with E-state index >= 15 is 0 Å². The van der Waals surface area contributed by atoms with Crippen molar-refractivity contribution in [2.75, 3.05) is 7.11 Å². The number of pyridine rings is 1. The molecule has 0 amide bonds. The highest BCUT2D eigenvalue weighted by Gasteiger charge is 2.14. The van der Waals surface area contributed by atoms with Crippen molar-refractivity contribution in [3.63, 3.8) is 0 Å². The summed E-state index contributed by atoms with van der Waals surface area (Å²) in [5.41, 5.74) is 1.06. The number of ether oxygens (including phenoxy) is 1. The van der Waals surface area contributed by atoms with Crippen LogP contribution in [0.3, 0.4) is 0 Å². The SMILES string of the molecule is COc1cccc(O)c1C(=O)C=Cc1ccc2cnccc2c1. The highest BCUT2D eigenvalue weighted by Crippen LogP contribution is 2.28. The average molecular weight is 305 g/mol. The van der Waals surface area contributed by atoms with E-state index in [0.717, 1.165) is 16.3 Å². The van der Waals surface area contributed by atoms with Crippen molar-refractivity contribution < 1.29 is 14.6 Å². The van der Waals surface area contributed by atoms with Gasteiger partial charge in [0.25, 0.3) is 0 Å². The third kappa shape index (κ3) is 3.06. The maximum Gasteiger partial charge on any atom is 0.193 e. The second-order valence-electron chi connectivity index (χ2n) is 5.03. The number of allylic oxidation sites excluding steroid dienone is 1. The quantitative estimate of drug-likeness (QED) is 0.587. The number of ketones is 1. The van der Waals surface area contributed by atoms with Gasteiger partial charge in [-0.15, -0.1) is 0 Å². The topological polar surface area (TPSA) is 59.4 Å². The van der Waals surface area contributed by atoms with E-state index in [1.54, 1.807) is 30.6 Å². The van der Waals surface area contributed by atoms with Gasteiger partial charge in [-0.05, 0) is 41.3 Å². The van der Waals surface area contributed by atoms with Crippen LogP contribution in [0, 0.1) is 0 Å². The summed E-state index contributed by atoms with van der Waals surface area (Å²) in [7, 11) is 1.46. The summed E-state index contributed by atoms with van der Waals surface area (Å²) in [5.74, 6) is -0.0532. The number of carbonyl (C=O) groups is 1. The van der Waals surface area contributed by atoms with Crippen molar-refractivity contribution in [2.45, 2.75) is 0 Å². The van der Waals surface area contributed by atoms with Gasteiger partial charge < -0.3 is 9.84 Å². The number of rotatable bonds is 4. The van der Waals surface area contributed by atoms with Crippen molar-refractivity contribution in [1.82, 2.24) is 4.98 Å². The summed E-state index contributed by atoms with van der Waals surface area (Å²) >= 11 is 0. The minimum atomic E-state index is -0.310. The monoisotopic (exact) mass is 305 g/mol. The van der Waals surface area contributed by atoms with E-state index in [0.29, 0.717) is 5.75 Å². The van der Waals surface area contributed by atoms with E-state index in [4.69, 9.17) is 4.74 Å². The van der Waals surface area contributed by atoms with Crippen LogP contribution in [-0.2, 0) is 0 Å². The number of fused-ring (bicyclic) bond motifs is 1. The molecule has 2 aromatic carbocycles. The Hall–Kier alpha value is -3.14. The number of aromatic nitrogens is 1. The lowest BCUT2D eigenvalue weighted by Crippen LogP contribution is -1.99.